The second-order valence-corrected chi connectivity index (χ2v) is 4.51. The minimum absolute atomic E-state index is 0.223. The van der Waals surface area contributed by atoms with Crippen LogP contribution < -0.4 is 21.1 Å². The summed E-state index contributed by atoms with van der Waals surface area (Å²) in [6.45, 7) is 4.22. The third-order valence-electron chi connectivity index (χ3n) is 2.17. The first-order valence-corrected chi connectivity index (χ1v) is 6.03. The Labute approximate surface area is 112 Å². The van der Waals surface area contributed by atoms with E-state index in [1.54, 1.807) is 24.3 Å². The number of nitrogens with two attached hydrogens (primary N) is 1. The van der Waals surface area contributed by atoms with Crippen LogP contribution >= 0.6 is 0 Å². The Bertz CT molecular complexity index is 429. The summed E-state index contributed by atoms with van der Waals surface area (Å²) >= 11 is 0. The summed E-state index contributed by atoms with van der Waals surface area (Å²) in [6.07, 6.45) is 0. The van der Waals surface area contributed by atoms with E-state index >= 15 is 0 Å². The molecule has 0 spiro atoms. The molecular weight excluding hydrogens is 246 g/mol. The number of nitrogens with one attached hydrogen (secondary N) is 2. The van der Waals surface area contributed by atoms with Gasteiger partial charge in [-0.25, -0.2) is 4.79 Å². The number of urea groups is 1. The predicted octanol–water partition coefficient (Wildman–Crippen LogP) is 1.13. The number of carbonyl (C=O) groups is 2. The van der Waals surface area contributed by atoms with Crippen molar-refractivity contribution in [1.29, 1.82) is 0 Å². The molecule has 0 saturated carbocycles. The molecular formula is C13H19N3O3. The Morgan fingerprint density at radius 2 is 1.89 bits per heavy atom. The highest BCUT2D eigenvalue weighted by molar-refractivity contribution is 5.94. The molecule has 0 aromatic heterocycles. The van der Waals surface area contributed by atoms with E-state index in [4.69, 9.17) is 10.5 Å². The minimum atomic E-state index is -0.514. The lowest BCUT2D eigenvalue weighted by molar-refractivity contribution is -0.122. The molecule has 0 radical (unpaired) electrons. The van der Waals surface area contributed by atoms with E-state index in [2.05, 4.69) is 10.6 Å². The molecule has 1 rings (SSSR count). The summed E-state index contributed by atoms with van der Waals surface area (Å²) in [6, 6.07) is 6.13. The normalized spacial score (nSPS) is 10.1. The van der Waals surface area contributed by atoms with Gasteiger partial charge in [-0.1, -0.05) is 13.8 Å². The van der Waals surface area contributed by atoms with Crippen LogP contribution in [0.15, 0.2) is 24.3 Å². The lowest BCUT2D eigenvalue weighted by atomic mass is 10.2. The number of carbonyl (C=O) groups excluding carboxylic acids is 2. The average Bonchev–Trinajstić information content (AvgIpc) is 2.36. The molecule has 0 aliphatic carbocycles. The monoisotopic (exact) mass is 265 g/mol. The SMILES string of the molecule is CC(C)CNC(=O)NC(=O)COc1ccc(N)cc1. The molecule has 0 heterocycles. The van der Waals surface area contributed by atoms with Crippen LogP contribution in [-0.4, -0.2) is 25.1 Å². The Morgan fingerprint density at radius 1 is 1.26 bits per heavy atom. The molecule has 104 valence electrons. The van der Waals surface area contributed by atoms with E-state index < -0.39 is 11.9 Å². The van der Waals surface area contributed by atoms with Crippen LogP contribution in [0.5, 0.6) is 5.75 Å². The van der Waals surface area contributed by atoms with E-state index in [1.165, 1.54) is 0 Å². The van der Waals surface area contributed by atoms with E-state index in [9.17, 15) is 9.59 Å². The van der Waals surface area contributed by atoms with Gasteiger partial charge in [0.1, 0.15) is 5.75 Å². The number of imide groups is 1. The lowest BCUT2D eigenvalue weighted by Gasteiger charge is -2.09. The fourth-order valence-corrected chi connectivity index (χ4v) is 1.22. The standard InChI is InChI=1S/C13H19N3O3/c1-9(2)7-15-13(18)16-12(17)8-19-11-5-3-10(14)4-6-11/h3-6,9H,7-8,14H2,1-2H3,(H2,15,16,17,18). The number of amides is 3. The molecule has 3 amide bonds. The Balaban J connectivity index is 2.27. The van der Waals surface area contributed by atoms with Gasteiger partial charge in [0.25, 0.3) is 5.91 Å². The molecule has 6 nitrogen and oxygen atoms in total. The van der Waals surface area contributed by atoms with Gasteiger partial charge in [0.15, 0.2) is 6.61 Å². The molecule has 0 atom stereocenters. The number of anilines is 1. The van der Waals surface area contributed by atoms with Gasteiger partial charge >= 0.3 is 6.03 Å². The first kappa shape index (κ1) is 14.8. The third kappa shape index (κ3) is 6.30. The molecule has 1 aromatic rings. The van der Waals surface area contributed by atoms with Gasteiger partial charge in [-0.3, -0.25) is 10.1 Å². The summed E-state index contributed by atoms with van der Waals surface area (Å²) in [7, 11) is 0. The number of nitrogen functional groups attached to an aromatic ring is 1. The van der Waals surface area contributed by atoms with Gasteiger partial charge < -0.3 is 15.8 Å². The Kier molecular flexibility index (Phi) is 5.66. The minimum Gasteiger partial charge on any atom is -0.484 e. The molecule has 0 unspecified atom stereocenters. The first-order chi connectivity index (χ1) is 8.97. The highest BCUT2D eigenvalue weighted by Gasteiger charge is 2.08. The summed E-state index contributed by atoms with van der Waals surface area (Å²) in [5, 5.41) is 4.75. The maximum Gasteiger partial charge on any atom is 0.321 e. The molecule has 1 aromatic carbocycles. The summed E-state index contributed by atoms with van der Waals surface area (Å²) in [4.78, 5) is 22.7. The predicted molar refractivity (Wildman–Crippen MR) is 72.7 cm³/mol. The first-order valence-electron chi connectivity index (χ1n) is 6.03. The topological polar surface area (TPSA) is 93.5 Å². The number of rotatable bonds is 5. The van der Waals surface area contributed by atoms with Crippen molar-refractivity contribution in [3.63, 3.8) is 0 Å². The van der Waals surface area contributed by atoms with Gasteiger partial charge in [0, 0.05) is 12.2 Å². The quantitative estimate of drug-likeness (QED) is 0.696. The fourth-order valence-electron chi connectivity index (χ4n) is 1.22. The van der Waals surface area contributed by atoms with Gasteiger partial charge in [0.05, 0.1) is 0 Å². The maximum atomic E-state index is 11.4. The second-order valence-electron chi connectivity index (χ2n) is 4.51. The van der Waals surface area contributed by atoms with Crippen molar-refractivity contribution in [2.24, 2.45) is 5.92 Å². The molecule has 4 N–H and O–H groups in total. The second kappa shape index (κ2) is 7.25. The Hall–Kier alpha value is -2.24. The van der Waals surface area contributed by atoms with Crippen molar-refractivity contribution in [1.82, 2.24) is 10.6 Å². The summed E-state index contributed by atoms with van der Waals surface area (Å²) in [5.74, 6) is 0.344. The van der Waals surface area contributed by atoms with Gasteiger partial charge in [-0.15, -0.1) is 0 Å². The highest BCUT2D eigenvalue weighted by atomic mass is 16.5. The van der Waals surface area contributed by atoms with E-state index in [0.29, 0.717) is 23.9 Å². The number of hydrogen-bond acceptors (Lipinski definition) is 4. The zero-order valence-electron chi connectivity index (χ0n) is 11.1. The molecule has 0 aliphatic heterocycles. The van der Waals surface area contributed by atoms with E-state index in [1.807, 2.05) is 13.8 Å². The fraction of sp³-hybridized carbons (Fsp3) is 0.385. The Morgan fingerprint density at radius 3 is 2.47 bits per heavy atom. The largest absolute Gasteiger partial charge is 0.484 e. The van der Waals surface area contributed by atoms with Crippen LogP contribution in [0.4, 0.5) is 10.5 Å². The van der Waals surface area contributed by atoms with Gasteiger partial charge in [-0.2, -0.15) is 0 Å². The molecule has 0 bridgehead atoms. The number of hydrogen-bond donors (Lipinski definition) is 3. The van der Waals surface area contributed by atoms with Crippen molar-refractivity contribution in [3.05, 3.63) is 24.3 Å². The highest BCUT2D eigenvalue weighted by Crippen LogP contribution is 2.12. The average molecular weight is 265 g/mol. The molecule has 0 fully saturated rings. The van der Waals surface area contributed by atoms with Crippen LogP contribution in [0.1, 0.15) is 13.8 Å². The van der Waals surface area contributed by atoms with E-state index in [-0.39, 0.29) is 6.61 Å². The van der Waals surface area contributed by atoms with E-state index in [0.717, 1.165) is 0 Å². The molecule has 6 heteroatoms. The molecule has 0 saturated heterocycles. The van der Waals surface area contributed by atoms with Crippen molar-refractivity contribution in [2.45, 2.75) is 13.8 Å². The van der Waals surface area contributed by atoms with Crippen LogP contribution in [0, 0.1) is 5.92 Å². The number of benzene rings is 1. The zero-order valence-corrected chi connectivity index (χ0v) is 11.1. The van der Waals surface area contributed by atoms with Crippen LogP contribution in [0.3, 0.4) is 0 Å². The van der Waals surface area contributed by atoms with Crippen molar-refractivity contribution >= 4 is 17.6 Å². The van der Waals surface area contributed by atoms with Crippen molar-refractivity contribution in [2.75, 3.05) is 18.9 Å². The van der Waals surface area contributed by atoms with Crippen molar-refractivity contribution in [3.8, 4) is 5.75 Å². The smallest absolute Gasteiger partial charge is 0.321 e. The van der Waals surface area contributed by atoms with Crippen LogP contribution in [0.2, 0.25) is 0 Å². The zero-order chi connectivity index (χ0) is 14.3. The third-order valence-corrected chi connectivity index (χ3v) is 2.17. The van der Waals surface area contributed by atoms with Gasteiger partial charge in [0.2, 0.25) is 0 Å². The number of ether oxygens (including phenoxy) is 1. The van der Waals surface area contributed by atoms with Gasteiger partial charge in [-0.05, 0) is 30.2 Å². The van der Waals surface area contributed by atoms with Crippen molar-refractivity contribution < 1.29 is 14.3 Å². The van der Waals surface area contributed by atoms with Crippen LogP contribution in [0.25, 0.3) is 0 Å². The maximum absolute atomic E-state index is 11.4. The molecule has 19 heavy (non-hydrogen) atoms. The summed E-state index contributed by atoms with van der Waals surface area (Å²) < 4.78 is 5.20. The summed E-state index contributed by atoms with van der Waals surface area (Å²) in [5.41, 5.74) is 6.13. The lowest BCUT2D eigenvalue weighted by Crippen LogP contribution is -2.42. The van der Waals surface area contributed by atoms with Crippen LogP contribution in [-0.2, 0) is 4.79 Å². The molecule has 0 aliphatic rings.